The lowest BCUT2D eigenvalue weighted by atomic mass is 9.66. The Morgan fingerprint density at radius 2 is 1.79 bits per heavy atom. The van der Waals surface area contributed by atoms with Gasteiger partial charge in [-0.05, 0) is 119 Å². The number of nitrogens with one attached hydrogen (secondary N) is 1. The van der Waals surface area contributed by atoms with Gasteiger partial charge in [-0.15, -0.1) is 5.10 Å². The summed E-state index contributed by atoms with van der Waals surface area (Å²) in [6.45, 7) is 4.13. The van der Waals surface area contributed by atoms with Crippen molar-refractivity contribution >= 4 is 35.1 Å². The number of fused-ring (bicyclic) bond motifs is 1. The maximum atomic E-state index is 13.1. The zero-order valence-electron chi connectivity index (χ0n) is 25.5. The van der Waals surface area contributed by atoms with Gasteiger partial charge in [-0.1, -0.05) is 12.8 Å². The molecule has 1 amide bonds. The first kappa shape index (κ1) is 28.6. The van der Waals surface area contributed by atoms with E-state index in [1.807, 2.05) is 54.0 Å². The summed E-state index contributed by atoms with van der Waals surface area (Å²) in [5.41, 5.74) is 3.96. The van der Waals surface area contributed by atoms with Gasteiger partial charge in [0.25, 0.3) is 5.91 Å². The van der Waals surface area contributed by atoms with Crippen molar-refractivity contribution in [2.24, 2.45) is 16.3 Å². The highest BCUT2D eigenvalue weighted by Crippen LogP contribution is 2.49. The summed E-state index contributed by atoms with van der Waals surface area (Å²) in [5.74, 6) is 1.46. The summed E-state index contributed by atoms with van der Waals surface area (Å²) in [7, 11) is 5.97. The number of carbonyl (C=O) groups excluding carboxylic acids is 1. The lowest BCUT2D eigenvalue weighted by Crippen LogP contribution is -2.44. The van der Waals surface area contributed by atoms with Gasteiger partial charge < -0.3 is 25.0 Å². The summed E-state index contributed by atoms with van der Waals surface area (Å²) < 4.78 is 1.87. The Hall–Kier alpha value is -3.46. The Morgan fingerprint density at radius 1 is 1.07 bits per heavy atom. The molecule has 0 bridgehead atoms. The SMILES string of the molecule is CN=CCC1(C2CCCC2)CCN(c2cccn3nc(Nc4ccc(C(=O)N(C)C5CCN(C)CC5)cc4)nc23)CC1. The van der Waals surface area contributed by atoms with Crippen molar-refractivity contribution in [1.29, 1.82) is 0 Å². The molecule has 3 aromatic rings. The molecule has 1 aromatic carbocycles. The minimum absolute atomic E-state index is 0.0760. The highest BCUT2D eigenvalue weighted by molar-refractivity contribution is 5.94. The van der Waals surface area contributed by atoms with E-state index in [1.165, 1.54) is 38.5 Å². The Kier molecular flexibility index (Phi) is 8.47. The molecular weight excluding hydrogens is 524 g/mol. The Bertz CT molecular complexity index is 1380. The maximum absolute atomic E-state index is 13.1. The van der Waals surface area contributed by atoms with Gasteiger partial charge in [-0.25, -0.2) is 4.52 Å². The molecule has 3 fully saturated rings. The predicted octanol–water partition coefficient (Wildman–Crippen LogP) is 5.51. The summed E-state index contributed by atoms with van der Waals surface area (Å²) >= 11 is 0. The van der Waals surface area contributed by atoms with E-state index >= 15 is 0 Å². The molecular formula is C33H46N8O. The molecule has 9 heteroatoms. The van der Waals surface area contributed by atoms with Crippen LogP contribution in [0.25, 0.3) is 5.65 Å². The van der Waals surface area contributed by atoms with Crippen molar-refractivity contribution in [1.82, 2.24) is 24.4 Å². The molecule has 42 heavy (non-hydrogen) atoms. The Balaban J connectivity index is 1.12. The van der Waals surface area contributed by atoms with E-state index in [4.69, 9.17) is 10.1 Å². The number of rotatable bonds is 8. The van der Waals surface area contributed by atoms with Gasteiger partial charge in [0.2, 0.25) is 5.95 Å². The normalized spacial score (nSPS) is 20.5. The van der Waals surface area contributed by atoms with Crippen molar-refractivity contribution in [3.63, 3.8) is 0 Å². The number of amides is 1. The summed E-state index contributed by atoms with van der Waals surface area (Å²) in [6.07, 6.45) is 15.1. The molecule has 3 aliphatic rings. The number of hydrogen-bond acceptors (Lipinski definition) is 7. The van der Waals surface area contributed by atoms with Crippen LogP contribution in [0.4, 0.5) is 17.3 Å². The maximum Gasteiger partial charge on any atom is 0.253 e. The first-order valence-corrected chi connectivity index (χ1v) is 15.8. The fourth-order valence-corrected chi connectivity index (χ4v) is 7.55. The van der Waals surface area contributed by atoms with Gasteiger partial charge >= 0.3 is 0 Å². The zero-order valence-corrected chi connectivity index (χ0v) is 25.5. The lowest BCUT2D eigenvalue weighted by molar-refractivity contribution is 0.0659. The van der Waals surface area contributed by atoms with Crippen molar-refractivity contribution in [2.45, 2.75) is 63.8 Å². The molecule has 9 nitrogen and oxygen atoms in total. The number of piperidine rings is 2. The first-order chi connectivity index (χ1) is 20.5. The minimum atomic E-state index is 0.0760. The highest BCUT2D eigenvalue weighted by atomic mass is 16.2. The fraction of sp³-hybridized carbons (Fsp3) is 0.576. The van der Waals surface area contributed by atoms with Crippen LogP contribution < -0.4 is 10.2 Å². The highest BCUT2D eigenvalue weighted by Gasteiger charge is 2.42. The van der Waals surface area contributed by atoms with Crippen LogP contribution >= 0.6 is 0 Å². The van der Waals surface area contributed by atoms with Gasteiger partial charge in [-0.3, -0.25) is 4.79 Å². The molecule has 224 valence electrons. The third-order valence-corrected chi connectivity index (χ3v) is 10.3. The molecule has 0 atom stereocenters. The van der Waals surface area contributed by atoms with E-state index in [2.05, 4.69) is 45.5 Å². The monoisotopic (exact) mass is 570 g/mol. The number of benzene rings is 1. The second-order valence-corrected chi connectivity index (χ2v) is 12.7. The number of aromatic nitrogens is 3. The Labute approximate surface area is 250 Å². The van der Waals surface area contributed by atoms with Crippen LogP contribution in [0.2, 0.25) is 0 Å². The molecule has 1 saturated carbocycles. The molecule has 2 saturated heterocycles. The number of carbonyl (C=O) groups is 1. The van der Waals surface area contributed by atoms with Crippen molar-refractivity contribution in [2.75, 3.05) is 57.5 Å². The molecule has 0 unspecified atom stereocenters. The number of anilines is 3. The van der Waals surface area contributed by atoms with Crippen molar-refractivity contribution in [3.05, 3.63) is 48.2 Å². The van der Waals surface area contributed by atoms with Crippen LogP contribution in [0.1, 0.15) is 68.1 Å². The third kappa shape index (κ3) is 5.89. The Morgan fingerprint density at radius 3 is 2.48 bits per heavy atom. The lowest BCUT2D eigenvalue weighted by Gasteiger charge is -2.46. The average Bonchev–Trinajstić information content (AvgIpc) is 3.71. The van der Waals surface area contributed by atoms with Gasteiger partial charge in [0.15, 0.2) is 5.65 Å². The van der Waals surface area contributed by atoms with E-state index in [0.29, 0.717) is 23.0 Å². The molecule has 2 aromatic heterocycles. The predicted molar refractivity (Wildman–Crippen MR) is 170 cm³/mol. The topological polar surface area (TPSA) is 81.4 Å². The van der Waals surface area contributed by atoms with E-state index < -0.39 is 0 Å². The van der Waals surface area contributed by atoms with Gasteiger partial charge in [-0.2, -0.15) is 4.98 Å². The van der Waals surface area contributed by atoms with E-state index in [-0.39, 0.29) is 5.91 Å². The van der Waals surface area contributed by atoms with Gasteiger partial charge in [0.05, 0.1) is 5.69 Å². The first-order valence-electron chi connectivity index (χ1n) is 15.8. The van der Waals surface area contributed by atoms with Gasteiger partial charge in [0.1, 0.15) is 0 Å². The zero-order chi connectivity index (χ0) is 29.1. The number of hydrogen-bond donors (Lipinski definition) is 1. The summed E-state index contributed by atoms with van der Waals surface area (Å²) in [5, 5.41) is 8.07. The van der Waals surface area contributed by atoms with Crippen LogP contribution in [0.3, 0.4) is 0 Å². The number of likely N-dealkylation sites (tertiary alicyclic amines) is 1. The van der Waals surface area contributed by atoms with Crippen molar-refractivity contribution < 1.29 is 4.79 Å². The number of pyridine rings is 1. The fourth-order valence-electron chi connectivity index (χ4n) is 7.55. The van der Waals surface area contributed by atoms with E-state index in [9.17, 15) is 4.79 Å². The third-order valence-electron chi connectivity index (χ3n) is 10.3. The van der Waals surface area contributed by atoms with E-state index in [1.54, 1.807) is 0 Å². The molecule has 0 radical (unpaired) electrons. The second-order valence-electron chi connectivity index (χ2n) is 12.7. The summed E-state index contributed by atoms with van der Waals surface area (Å²) in [6, 6.07) is 12.2. The van der Waals surface area contributed by atoms with Crippen LogP contribution in [0.5, 0.6) is 0 Å². The molecule has 1 N–H and O–H groups in total. The molecule has 6 rings (SSSR count). The van der Waals surface area contributed by atoms with Gasteiger partial charge in [0, 0.05) is 50.7 Å². The molecule has 4 heterocycles. The average molecular weight is 571 g/mol. The smallest absolute Gasteiger partial charge is 0.253 e. The van der Waals surface area contributed by atoms with Crippen molar-refractivity contribution in [3.8, 4) is 0 Å². The second kappa shape index (κ2) is 12.4. The van der Waals surface area contributed by atoms with Crippen LogP contribution in [0.15, 0.2) is 47.6 Å². The van der Waals surface area contributed by atoms with Crippen LogP contribution in [-0.4, -0.2) is 89.9 Å². The molecule has 1 aliphatic carbocycles. The summed E-state index contributed by atoms with van der Waals surface area (Å²) in [4.78, 5) is 29.1. The van der Waals surface area contributed by atoms with Crippen LogP contribution in [0, 0.1) is 11.3 Å². The standard InChI is InChI=1S/C33H46N8O/c1-34-19-16-33(26-7-4-5-8-26)17-23-40(24-18-33)29-9-6-20-41-30(29)36-32(37-41)35-27-12-10-25(11-13-27)31(42)39(3)28-14-21-38(2)22-15-28/h6,9-13,19-20,26,28H,4-5,7-8,14-18,21-24H2,1-3H3,(H,35,37). The quantitative estimate of drug-likeness (QED) is 0.360. The van der Waals surface area contributed by atoms with Crippen LogP contribution in [-0.2, 0) is 0 Å². The largest absolute Gasteiger partial charge is 0.368 e. The molecule has 0 spiro atoms. The number of nitrogens with zero attached hydrogens (tertiary/aromatic N) is 7. The minimum Gasteiger partial charge on any atom is -0.368 e. The van der Waals surface area contributed by atoms with E-state index in [0.717, 1.165) is 68.4 Å². The number of aliphatic imine (C=N–C) groups is 1. The molecule has 2 aliphatic heterocycles.